The summed E-state index contributed by atoms with van der Waals surface area (Å²) in [5, 5.41) is 0. The van der Waals surface area contributed by atoms with Crippen LogP contribution < -0.4 is 0 Å². The van der Waals surface area contributed by atoms with Crippen LogP contribution in [0.1, 0.15) is 51.7 Å². The van der Waals surface area contributed by atoms with E-state index >= 15 is 0 Å². The second-order valence-corrected chi connectivity index (χ2v) is 5.81. The maximum absolute atomic E-state index is 5.66. The third kappa shape index (κ3) is 7.38. The first-order valence-corrected chi connectivity index (χ1v) is 8.28. The molecule has 0 spiro atoms. The van der Waals surface area contributed by atoms with Crippen molar-refractivity contribution in [2.75, 3.05) is 20.3 Å². The molecule has 23 heavy (non-hydrogen) atoms. The highest BCUT2D eigenvalue weighted by atomic mass is 16.5. The van der Waals surface area contributed by atoms with Gasteiger partial charge in [-0.3, -0.25) is 0 Å². The van der Waals surface area contributed by atoms with Crippen molar-refractivity contribution in [2.45, 2.75) is 46.6 Å². The molecule has 0 aliphatic carbocycles. The minimum atomic E-state index is 0.0479. The molecule has 0 saturated heterocycles. The number of hydrogen-bond donors (Lipinski definition) is 0. The number of rotatable bonds is 10. The molecule has 0 radical (unpaired) electrons. The van der Waals surface area contributed by atoms with Gasteiger partial charge in [0.05, 0.1) is 25.7 Å². The molecule has 1 unspecified atom stereocenters. The van der Waals surface area contributed by atoms with Crippen molar-refractivity contribution >= 4 is 11.1 Å². The Morgan fingerprint density at radius 1 is 1.13 bits per heavy atom. The van der Waals surface area contributed by atoms with Gasteiger partial charge >= 0.3 is 0 Å². The van der Waals surface area contributed by atoms with E-state index in [4.69, 9.17) is 14.2 Å². The quantitative estimate of drug-likeness (QED) is 0.434. The average Bonchev–Trinajstić information content (AvgIpc) is 2.56. The molecule has 0 fully saturated rings. The molecule has 1 rings (SSSR count). The van der Waals surface area contributed by atoms with Crippen LogP contribution in [-0.2, 0) is 14.2 Å². The van der Waals surface area contributed by atoms with E-state index in [1.54, 1.807) is 13.4 Å². The molecule has 0 aliphatic heterocycles. The van der Waals surface area contributed by atoms with Gasteiger partial charge in [-0.1, -0.05) is 31.5 Å². The van der Waals surface area contributed by atoms with E-state index in [1.165, 1.54) is 0 Å². The summed E-state index contributed by atoms with van der Waals surface area (Å²) in [5.41, 5.74) is 4.53. The summed E-state index contributed by atoms with van der Waals surface area (Å²) in [4.78, 5) is 0. The fraction of sp³-hybridized carbons (Fsp3) is 0.500. The van der Waals surface area contributed by atoms with Crippen LogP contribution in [0.2, 0.25) is 0 Å². The molecule has 3 nitrogen and oxygen atoms in total. The van der Waals surface area contributed by atoms with Gasteiger partial charge in [-0.05, 0) is 55.5 Å². The predicted octanol–water partition coefficient (Wildman–Crippen LogP) is 5.28. The molecule has 0 aromatic heterocycles. The number of unbranched alkanes of at least 4 members (excludes halogenated alkanes) is 1. The lowest BCUT2D eigenvalue weighted by Crippen LogP contribution is -2.11. The predicted molar refractivity (Wildman–Crippen MR) is 97.0 cm³/mol. The molecule has 0 heterocycles. The molecule has 0 aliphatic rings. The van der Waals surface area contributed by atoms with E-state index in [0.29, 0.717) is 6.61 Å². The van der Waals surface area contributed by atoms with Gasteiger partial charge in [0.1, 0.15) is 6.10 Å². The van der Waals surface area contributed by atoms with Gasteiger partial charge in [0.2, 0.25) is 0 Å². The fourth-order valence-corrected chi connectivity index (χ4v) is 2.05. The Bertz CT molecular complexity index is 517. The zero-order valence-corrected chi connectivity index (χ0v) is 15.1. The summed E-state index contributed by atoms with van der Waals surface area (Å²) >= 11 is 0. The summed E-state index contributed by atoms with van der Waals surface area (Å²) in [7, 11) is 1.68. The van der Waals surface area contributed by atoms with E-state index in [0.717, 1.165) is 41.7 Å². The van der Waals surface area contributed by atoms with Crippen LogP contribution in [0.25, 0.3) is 11.1 Å². The number of benzene rings is 1. The van der Waals surface area contributed by atoms with Crippen LogP contribution in [0.4, 0.5) is 0 Å². The van der Waals surface area contributed by atoms with Crippen LogP contribution in [0.3, 0.4) is 0 Å². The molecule has 0 amide bonds. The summed E-state index contributed by atoms with van der Waals surface area (Å²) in [5.74, 6) is 0. The average molecular weight is 318 g/mol. The molecule has 1 aromatic rings. The minimum Gasteiger partial charge on any atom is -0.501 e. The lowest BCUT2D eigenvalue weighted by atomic mass is 10.0. The molecule has 0 bridgehead atoms. The van der Waals surface area contributed by atoms with E-state index in [1.807, 2.05) is 13.2 Å². The molecule has 128 valence electrons. The van der Waals surface area contributed by atoms with E-state index in [-0.39, 0.29) is 6.10 Å². The van der Waals surface area contributed by atoms with Gasteiger partial charge < -0.3 is 14.2 Å². The topological polar surface area (TPSA) is 27.7 Å². The van der Waals surface area contributed by atoms with Gasteiger partial charge in [0.25, 0.3) is 0 Å². The second kappa shape index (κ2) is 10.9. The maximum atomic E-state index is 5.66. The summed E-state index contributed by atoms with van der Waals surface area (Å²) < 4.78 is 16.3. The largest absolute Gasteiger partial charge is 0.501 e. The number of allylic oxidation sites excluding steroid dienone is 2. The Kier molecular flexibility index (Phi) is 9.15. The van der Waals surface area contributed by atoms with Crippen LogP contribution in [-0.4, -0.2) is 26.4 Å². The van der Waals surface area contributed by atoms with Crippen molar-refractivity contribution in [3.05, 3.63) is 47.9 Å². The van der Waals surface area contributed by atoms with Gasteiger partial charge in [0, 0.05) is 7.11 Å². The molecular formula is C20H30O3. The standard InChI is InChI=1S/C20H30O3/c1-6-7-11-22-13-16(2)19-9-8-10-20(12-19)17(3)14-23-18(4)15-21-5/h8-10,12-14,18H,6-7,11,15H2,1-5H3. The third-order valence-corrected chi connectivity index (χ3v) is 3.53. The Morgan fingerprint density at radius 2 is 1.78 bits per heavy atom. The summed E-state index contributed by atoms with van der Waals surface area (Å²) in [6, 6.07) is 8.40. The van der Waals surface area contributed by atoms with E-state index in [9.17, 15) is 0 Å². The lowest BCUT2D eigenvalue weighted by Gasteiger charge is -2.12. The molecular weight excluding hydrogens is 288 g/mol. The Morgan fingerprint density at radius 3 is 2.39 bits per heavy atom. The van der Waals surface area contributed by atoms with Crippen molar-refractivity contribution < 1.29 is 14.2 Å². The lowest BCUT2D eigenvalue weighted by molar-refractivity contribution is 0.0638. The second-order valence-electron chi connectivity index (χ2n) is 5.81. The fourth-order valence-electron chi connectivity index (χ4n) is 2.05. The first-order chi connectivity index (χ1) is 11.1. The van der Waals surface area contributed by atoms with Crippen molar-refractivity contribution in [2.24, 2.45) is 0 Å². The van der Waals surface area contributed by atoms with Crippen molar-refractivity contribution in [1.29, 1.82) is 0 Å². The van der Waals surface area contributed by atoms with Gasteiger partial charge in [0.15, 0.2) is 0 Å². The normalized spacial score (nSPS) is 13.8. The van der Waals surface area contributed by atoms with Crippen molar-refractivity contribution in [3.8, 4) is 0 Å². The van der Waals surface area contributed by atoms with E-state index in [2.05, 4.69) is 45.0 Å². The van der Waals surface area contributed by atoms with Crippen LogP contribution in [0.5, 0.6) is 0 Å². The molecule has 0 N–H and O–H groups in total. The molecule has 3 heteroatoms. The first-order valence-electron chi connectivity index (χ1n) is 8.28. The minimum absolute atomic E-state index is 0.0479. The summed E-state index contributed by atoms with van der Waals surface area (Å²) in [6.07, 6.45) is 5.94. The Balaban J connectivity index is 2.73. The van der Waals surface area contributed by atoms with Crippen LogP contribution in [0.15, 0.2) is 36.8 Å². The van der Waals surface area contributed by atoms with Crippen molar-refractivity contribution in [3.63, 3.8) is 0 Å². The smallest absolute Gasteiger partial charge is 0.118 e. The number of methoxy groups -OCH3 is 1. The highest BCUT2D eigenvalue weighted by Crippen LogP contribution is 2.21. The van der Waals surface area contributed by atoms with Crippen molar-refractivity contribution in [1.82, 2.24) is 0 Å². The third-order valence-electron chi connectivity index (χ3n) is 3.53. The van der Waals surface area contributed by atoms with E-state index < -0.39 is 0 Å². The number of ether oxygens (including phenoxy) is 3. The van der Waals surface area contributed by atoms with Crippen LogP contribution in [0, 0.1) is 0 Å². The van der Waals surface area contributed by atoms with Gasteiger partial charge in [-0.2, -0.15) is 0 Å². The van der Waals surface area contributed by atoms with Gasteiger partial charge in [-0.15, -0.1) is 0 Å². The maximum Gasteiger partial charge on any atom is 0.118 e. The molecule has 0 saturated carbocycles. The zero-order chi connectivity index (χ0) is 17.1. The summed E-state index contributed by atoms with van der Waals surface area (Å²) in [6.45, 7) is 9.63. The highest BCUT2D eigenvalue weighted by Gasteiger charge is 2.03. The molecule has 1 aromatic carbocycles. The van der Waals surface area contributed by atoms with Crippen LogP contribution >= 0.6 is 0 Å². The monoisotopic (exact) mass is 318 g/mol. The van der Waals surface area contributed by atoms with Gasteiger partial charge in [-0.25, -0.2) is 0 Å². The zero-order valence-electron chi connectivity index (χ0n) is 15.1. The highest BCUT2D eigenvalue weighted by molar-refractivity contribution is 5.70. The first kappa shape index (κ1) is 19.3. The Labute approximate surface area is 141 Å². The SMILES string of the molecule is CCCCOC=C(C)c1cccc(C(C)=COC(C)COC)c1. The molecule has 1 atom stereocenters. The Hall–Kier alpha value is -1.74. The number of hydrogen-bond acceptors (Lipinski definition) is 3.